The van der Waals surface area contributed by atoms with Gasteiger partial charge in [-0.1, -0.05) is 67.4 Å². The van der Waals surface area contributed by atoms with Crippen LogP contribution in [0, 0.1) is 12.5 Å². The molecule has 0 spiro atoms. The number of nitrogens with one attached hydrogen (secondary N) is 1. The van der Waals surface area contributed by atoms with E-state index in [4.69, 9.17) is 29.8 Å². The second kappa shape index (κ2) is 9.13. The van der Waals surface area contributed by atoms with E-state index in [-0.39, 0.29) is 5.91 Å². The van der Waals surface area contributed by atoms with Crippen molar-refractivity contribution in [3.05, 3.63) is 93.3 Å². The molecule has 3 nitrogen and oxygen atoms in total. The number of halogens is 2. The van der Waals surface area contributed by atoms with Crippen molar-refractivity contribution in [2.75, 3.05) is 5.32 Å². The summed E-state index contributed by atoms with van der Waals surface area (Å²) in [6.07, 6.45) is 0.837. The molecule has 0 aliphatic carbocycles. The first-order chi connectivity index (χ1) is 13.9. The second-order valence-electron chi connectivity index (χ2n) is 7.19. The van der Waals surface area contributed by atoms with Crippen molar-refractivity contribution in [2.24, 2.45) is 5.92 Å². The van der Waals surface area contributed by atoms with Crippen LogP contribution in [0.5, 0.6) is 0 Å². The maximum Gasteiger partial charge on any atom is 0.255 e. The Morgan fingerprint density at radius 1 is 1.03 bits per heavy atom. The Morgan fingerprint density at radius 2 is 1.69 bits per heavy atom. The van der Waals surface area contributed by atoms with Gasteiger partial charge in [-0.3, -0.25) is 4.79 Å². The number of nitrogens with zero attached hydrogens (tertiary/aromatic N) is 1. The van der Waals surface area contributed by atoms with E-state index in [2.05, 4.69) is 24.0 Å². The molecule has 0 atom stereocenters. The van der Waals surface area contributed by atoms with E-state index < -0.39 is 0 Å². The van der Waals surface area contributed by atoms with E-state index in [1.54, 1.807) is 36.4 Å². The maximum absolute atomic E-state index is 12.4. The molecule has 0 unspecified atom stereocenters. The van der Waals surface area contributed by atoms with Gasteiger partial charge in [-0.15, -0.1) is 0 Å². The molecule has 0 bridgehead atoms. The number of rotatable bonds is 5. The molecular formula is C24H20Cl2N2O. The minimum absolute atomic E-state index is 0.237. The predicted octanol–water partition coefficient (Wildman–Crippen LogP) is 7.66. The van der Waals surface area contributed by atoms with Gasteiger partial charge in [-0.25, -0.2) is 4.85 Å². The number of benzene rings is 3. The van der Waals surface area contributed by atoms with Gasteiger partial charge in [-0.2, -0.15) is 0 Å². The van der Waals surface area contributed by atoms with E-state index >= 15 is 0 Å². The highest BCUT2D eigenvalue weighted by Crippen LogP contribution is 2.39. The van der Waals surface area contributed by atoms with Crippen LogP contribution in [-0.4, -0.2) is 5.91 Å². The van der Waals surface area contributed by atoms with Gasteiger partial charge in [0, 0.05) is 16.8 Å². The van der Waals surface area contributed by atoms with Crippen LogP contribution >= 0.6 is 23.2 Å². The summed E-state index contributed by atoms with van der Waals surface area (Å²) in [5, 5.41) is 3.64. The zero-order chi connectivity index (χ0) is 21.0. The van der Waals surface area contributed by atoms with E-state index in [9.17, 15) is 4.79 Å². The lowest BCUT2D eigenvalue weighted by Crippen LogP contribution is -2.11. The standard InChI is InChI=1S/C24H20Cl2N2O/c1-15(2)11-17-9-10-18(12-22(17)27-3)23-20(25)13-19(14-21(23)26)28-24(29)16-7-5-4-6-8-16/h4-10,12-15H,11H2,1-2H3,(H,28,29). The van der Waals surface area contributed by atoms with E-state index in [0.717, 1.165) is 17.5 Å². The van der Waals surface area contributed by atoms with Crippen molar-refractivity contribution in [3.63, 3.8) is 0 Å². The summed E-state index contributed by atoms with van der Waals surface area (Å²) in [4.78, 5) is 16.0. The first-order valence-electron chi connectivity index (χ1n) is 9.25. The summed E-state index contributed by atoms with van der Waals surface area (Å²) in [5.74, 6) is 0.222. The normalized spacial score (nSPS) is 10.6. The maximum atomic E-state index is 12.4. The number of hydrogen-bond acceptors (Lipinski definition) is 1. The molecule has 3 aromatic rings. The Kier molecular flexibility index (Phi) is 6.59. The Balaban J connectivity index is 1.92. The highest BCUT2D eigenvalue weighted by Gasteiger charge is 2.15. The van der Waals surface area contributed by atoms with Gasteiger partial charge >= 0.3 is 0 Å². The van der Waals surface area contributed by atoms with E-state index in [1.165, 1.54) is 0 Å². The Morgan fingerprint density at radius 3 is 2.28 bits per heavy atom. The summed E-state index contributed by atoms with van der Waals surface area (Å²) < 4.78 is 0. The third kappa shape index (κ3) is 4.98. The first kappa shape index (κ1) is 20.9. The minimum Gasteiger partial charge on any atom is -0.322 e. The van der Waals surface area contributed by atoms with Gasteiger partial charge in [0.25, 0.3) is 5.91 Å². The lowest BCUT2D eigenvalue weighted by atomic mass is 9.97. The van der Waals surface area contributed by atoms with Crippen molar-refractivity contribution in [3.8, 4) is 11.1 Å². The molecule has 29 heavy (non-hydrogen) atoms. The lowest BCUT2D eigenvalue weighted by molar-refractivity contribution is 0.102. The number of anilines is 1. The van der Waals surface area contributed by atoms with Gasteiger partial charge in [0.15, 0.2) is 5.69 Å². The van der Waals surface area contributed by atoms with Gasteiger partial charge in [-0.05, 0) is 53.8 Å². The topological polar surface area (TPSA) is 33.5 Å². The molecule has 0 saturated heterocycles. The van der Waals surface area contributed by atoms with Crippen LogP contribution in [-0.2, 0) is 6.42 Å². The van der Waals surface area contributed by atoms with Gasteiger partial charge in [0.05, 0.1) is 16.6 Å². The molecule has 0 aliphatic heterocycles. The summed E-state index contributed by atoms with van der Waals surface area (Å²) in [6.45, 7) is 11.7. The molecule has 0 saturated carbocycles. The SMILES string of the molecule is [C-]#[N+]c1cc(-c2c(Cl)cc(NC(=O)c3ccccc3)cc2Cl)ccc1CC(C)C. The number of carbonyl (C=O) groups is 1. The van der Waals surface area contributed by atoms with Gasteiger partial charge < -0.3 is 5.32 Å². The van der Waals surface area contributed by atoms with Crippen LogP contribution in [0.4, 0.5) is 11.4 Å². The number of carbonyl (C=O) groups excluding carboxylic acids is 1. The van der Waals surface area contributed by atoms with Crippen molar-refractivity contribution in [1.29, 1.82) is 0 Å². The molecule has 3 rings (SSSR count). The van der Waals surface area contributed by atoms with Crippen molar-refractivity contribution in [2.45, 2.75) is 20.3 Å². The largest absolute Gasteiger partial charge is 0.322 e. The fourth-order valence-electron chi connectivity index (χ4n) is 3.15. The Bertz CT molecular complexity index is 1060. The van der Waals surface area contributed by atoms with Crippen LogP contribution in [0.3, 0.4) is 0 Å². The minimum atomic E-state index is -0.237. The molecule has 3 aromatic carbocycles. The van der Waals surface area contributed by atoms with Crippen molar-refractivity contribution in [1.82, 2.24) is 0 Å². The summed E-state index contributed by atoms with van der Waals surface area (Å²) in [6, 6.07) is 18.0. The molecule has 0 fully saturated rings. The lowest BCUT2D eigenvalue weighted by Gasteiger charge is -2.14. The number of hydrogen-bond donors (Lipinski definition) is 1. The second-order valence-corrected chi connectivity index (χ2v) is 8.00. The monoisotopic (exact) mass is 422 g/mol. The molecule has 5 heteroatoms. The highest BCUT2D eigenvalue weighted by atomic mass is 35.5. The molecule has 1 N–H and O–H groups in total. The molecule has 0 aliphatic rings. The number of amides is 1. The molecular weight excluding hydrogens is 403 g/mol. The first-order valence-corrected chi connectivity index (χ1v) is 10.0. The average Bonchev–Trinajstić information content (AvgIpc) is 2.68. The molecule has 0 heterocycles. The van der Waals surface area contributed by atoms with Crippen LogP contribution < -0.4 is 5.32 Å². The third-order valence-corrected chi connectivity index (χ3v) is 5.05. The van der Waals surface area contributed by atoms with Crippen molar-refractivity contribution >= 4 is 40.5 Å². The predicted molar refractivity (Wildman–Crippen MR) is 121 cm³/mol. The van der Waals surface area contributed by atoms with Crippen LogP contribution in [0.25, 0.3) is 16.0 Å². The highest BCUT2D eigenvalue weighted by molar-refractivity contribution is 6.39. The summed E-state index contributed by atoms with van der Waals surface area (Å²) in [7, 11) is 0. The fraction of sp³-hybridized carbons (Fsp3) is 0.167. The Hall–Kier alpha value is -2.80. The van der Waals surface area contributed by atoms with Crippen LogP contribution in [0.1, 0.15) is 29.8 Å². The fourth-order valence-corrected chi connectivity index (χ4v) is 3.86. The van der Waals surface area contributed by atoms with Crippen molar-refractivity contribution < 1.29 is 4.79 Å². The van der Waals surface area contributed by atoms with Crippen LogP contribution in [0.2, 0.25) is 10.0 Å². The van der Waals surface area contributed by atoms with Gasteiger partial charge in [0.1, 0.15) is 0 Å². The zero-order valence-electron chi connectivity index (χ0n) is 16.2. The molecule has 0 radical (unpaired) electrons. The van der Waals surface area contributed by atoms with E-state index in [0.29, 0.717) is 38.5 Å². The van der Waals surface area contributed by atoms with E-state index in [1.807, 2.05) is 24.3 Å². The molecule has 146 valence electrons. The van der Waals surface area contributed by atoms with Gasteiger partial charge in [0.2, 0.25) is 0 Å². The smallest absolute Gasteiger partial charge is 0.255 e. The zero-order valence-corrected chi connectivity index (χ0v) is 17.7. The molecule has 1 amide bonds. The summed E-state index contributed by atoms with van der Waals surface area (Å²) >= 11 is 13.0. The quantitative estimate of drug-likeness (QED) is 0.420. The average molecular weight is 423 g/mol. The molecule has 0 aromatic heterocycles. The third-order valence-electron chi connectivity index (χ3n) is 4.46. The summed E-state index contributed by atoms with van der Waals surface area (Å²) in [5.41, 5.74) is 4.10. The van der Waals surface area contributed by atoms with Crippen LogP contribution in [0.15, 0.2) is 60.7 Å². The Labute approximate surface area is 181 Å².